The van der Waals surface area contributed by atoms with Gasteiger partial charge in [0.15, 0.2) is 5.82 Å². The molecule has 0 saturated heterocycles. The fourth-order valence-corrected chi connectivity index (χ4v) is 8.10. The molecule has 10 rings (SSSR count). The van der Waals surface area contributed by atoms with Crippen molar-refractivity contribution in [1.29, 1.82) is 0 Å². The van der Waals surface area contributed by atoms with Crippen LogP contribution in [0.4, 0.5) is 0 Å². The van der Waals surface area contributed by atoms with Gasteiger partial charge in [-0.05, 0) is 74.5 Å². The molecule has 0 unspecified atom stereocenters. The van der Waals surface area contributed by atoms with Crippen molar-refractivity contribution in [2.75, 3.05) is 0 Å². The highest BCUT2D eigenvalue weighted by atomic mass is 14.9. The van der Waals surface area contributed by atoms with Crippen molar-refractivity contribution in [2.45, 2.75) is 19.3 Å². The van der Waals surface area contributed by atoms with E-state index in [0.29, 0.717) is 5.82 Å². The molecule has 1 aliphatic carbocycles. The van der Waals surface area contributed by atoms with E-state index in [1.807, 2.05) is 18.2 Å². The SMILES string of the molecule is CC1(C)c2cc3ccccc3cc2-c2c(-c3ccc(-c4cc(-c5cccc6[nH]c7ccccc7c56)nc(-c5ccccc5)n4)cc3)cccc21. The van der Waals surface area contributed by atoms with E-state index in [0.717, 1.165) is 39.1 Å². The van der Waals surface area contributed by atoms with Gasteiger partial charge in [0.05, 0.1) is 11.4 Å². The summed E-state index contributed by atoms with van der Waals surface area (Å²) in [5.41, 5.74) is 15.0. The zero-order valence-electron chi connectivity index (χ0n) is 27.9. The van der Waals surface area contributed by atoms with E-state index < -0.39 is 0 Å². The van der Waals surface area contributed by atoms with Gasteiger partial charge in [0.25, 0.3) is 0 Å². The Balaban J connectivity index is 1.12. The molecule has 3 nitrogen and oxygen atoms in total. The summed E-state index contributed by atoms with van der Waals surface area (Å²) < 4.78 is 0. The second-order valence-electron chi connectivity index (χ2n) is 13.9. The van der Waals surface area contributed by atoms with E-state index in [2.05, 4.69) is 158 Å². The molecule has 1 aliphatic rings. The standard InChI is InChI=1S/C47H33N3/c1-47(2)38-19-10-17-34(44(38)37-26-32-14-6-7-15-33(32)27-39(37)47)29-22-24-30(25-23-29)42-28-43(50-46(49-42)31-12-4-3-5-13-31)36-18-11-21-41-45(36)35-16-8-9-20-40(35)48-41/h3-28,48H,1-2H3. The first-order chi connectivity index (χ1) is 24.5. The number of nitrogens with zero attached hydrogens (tertiary/aromatic N) is 2. The van der Waals surface area contributed by atoms with E-state index in [-0.39, 0.29) is 5.41 Å². The molecule has 3 heteroatoms. The first-order valence-corrected chi connectivity index (χ1v) is 17.3. The van der Waals surface area contributed by atoms with Gasteiger partial charge >= 0.3 is 0 Å². The van der Waals surface area contributed by atoms with Crippen molar-refractivity contribution in [3.05, 3.63) is 169 Å². The molecule has 50 heavy (non-hydrogen) atoms. The molecular weight excluding hydrogens is 607 g/mol. The lowest BCUT2D eigenvalue weighted by Gasteiger charge is -2.22. The van der Waals surface area contributed by atoms with E-state index in [4.69, 9.17) is 9.97 Å². The zero-order chi connectivity index (χ0) is 33.4. The normalized spacial score (nSPS) is 13.2. The van der Waals surface area contributed by atoms with Crippen molar-refractivity contribution in [2.24, 2.45) is 0 Å². The molecule has 2 heterocycles. The van der Waals surface area contributed by atoms with Gasteiger partial charge in [-0.15, -0.1) is 0 Å². The molecule has 0 bridgehead atoms. The molecule has 9 aromatic rings. The summed E-state index contributed by atoms with van der Waals surface area (Å²) in [6, 6.07) is 56.5. The lowest BCUT2D eigenvalue weighted by atomic mass is 9.81. The van der Waals surface area contributed by atoms with Gasteiger partial charge in [0.2, 0.25) is 0 Å². The number of nitrogens with one attached hydrogen (secondary N) is 1. The van der Waals surface area contributed by atoms with E-state index in [1.54, 1.807) is 0 Å². The average Bonchev–Trinajstić information content (AvgIpc) is 3.66. The highest BCUT2D eigenvalue weighted by molar-refractivity contribution is 6.14. The smallest absolute Gasteiger partial charge is 0.160 e. The minimum absolute atomic E-state index is 0.0799. The summed E-state index contributed by atoms with van der Waals surface area (Å²) in [5, 5.41) is 4.93. The molecule has 0 radical (unpaired) electrons. The Morgan fingerprint density at radius 1 is 0.460 bits per heavy atom. The molecular formula is C47H33N3. The number of aromatic amines is 1. The van der Waals surface area contributed by atoms with Crippen molar-refractivity contribution in [3.63, 3.8) is 0 Å². The predicted octanol–water partition coefficient (Wildman–Crippen LogP) is 12.2. The number of hydrogen-bond donors (Lipinski definition) is 1. The molecule has 0 atom stereocenters. The van der Waals surface area contributed by atoms with Crippen molar-refractivity contribution in [1.82, 2.24) is 15.0 Å². The molecule has 236 valence electrons. The van der Waals surface area contributed by atoms with Crippen LogP contribution < -0.4 is 0 Å². The van der Waals surface area contributed by atoms with Gasteiger partial charge in [0.1, 0.15) is 0 Å². The van der Waals surface area contributed by atoms with Gasteiger partial charge in [0, 0.05) is 43.9 Å². The van der Waals surface area contributed by atoms with E-state index in [9.17, 15) is 0 Å². The highest BCUT2D eigenvalue weighted by Gasteiger charge is 2.37. The van der Waals surface area contributed by atoms with Crippen LogP contribution in [0.3, 0.4) is 0 Å². The van der Waals surface area contributed by atoms with Crippen LogP contribution in [-0.2, 0) is 5.41 Å². The maximum Gasteiger partial charge on any atom is 0.160 e. The van der Waals surface area contributed by atoms with Crippen LogP contribution in [-0.4, -0.2) is 15.0 Å². The Morgan fingerprint density at radius 3 is 1.96 bits per heavy atom. The van der Waals surface area contributed by atoms with Gasteiger partial charge in [-0.3, -0.25) is 0 Å². The number of benzene rings is 7. The number of aromatic nitrogens is 3. The number of H-pyrrole nitrogens is 1. The summed E-state index contributed by atoms with van der Waals surface area (Å²) >= 11 is 0. The predicted molar refractivity (Wildman–Crippen MR) is 208 cm³/mol. The first-order valence-electron chi connectivity index (χ1n) is 17.3. The zero-order valence-corrected chi connectivity index (χ0v) is 27.9. The molecule has 0 saturated carbocycles. The van der Waals surface area contributed by atoms with Crippen LogP contribution in [0.25, 0.3) is 88.7 Å². The number of fused-ring (bicyclic) bond motifs is 7. The Hall–Kier alpha value is -6.32. The Kier molecular flexibility index (Phi) is 6.22. The maximum atomic E-state index is 5.17. The second-order valence-corrected chi connectivity index (χ2v) is 13.9. The van der Waals surface area contributed by atoms with Gasteiger partial charge in [-0.1, -0.05) is 141 Å². The quantitative estimate of drug-likeness (QED) is 0.208. The molecule has 2 aromatic heterocycles. The Labute approximate surface area is 290 Å². The van der Waals surface area contributed by atoms with Crippen LogP contribution in [0.5, 0.6) is 0 Å². The highest BCUT2D eigenvalue weighted by Crippen LogP contribution is 2.53. The maximum absolute atomic E-state index is 5.17. The average molecular weight is 640 g/mol. The first kappa shape index (κ1) is 28.7. The third kappa shape index (κ3) is 4.37. The summed E-state index contributed by atoms with van der Waals surface area (Å²) in [5.74, 6) is 0.714. The molecule has 0 aliphatic heterocycles. The van der Waals surface area contributed by atoms with Gasteiger partial charge in [-0.25, -0.2) is 9.97 Å². The number of para-hydroxylation sites is 1. The van der Waals surface area contributed by atoms with Crippen LogP contribution in [0.2, 0.25) is 0 Å². The third-order valence-electron chi connectivity index (χ3n) is 10.6. The van der Waals surface area contributed by atoms with E-state index in [1.165, 1.54) is 54.9 Å². The summed E-state index contributed by atoms with van der Waals surface area (Å²) in [6.07, 6.45) is 0. The summed E-state index contributed by atoms with van der Waals surface area (Å²) in [7, 11) is 0. The van der Waals surface area contributed by atoms with Crippen LogP contribution in [0.1, 0.15) is 25.0 Å². The molecule has 7 aromatic carbocycles. The van der Waals surface area contributed by atoms with Gasteiger partial charge in [-0.2, -0.15) is 0 Å². The molecule has 0 amide bonds. The third-order valence-corrected chi connectivity index (χ3v) is 10.6. The second kappa shape index (κ2) is 10.8. The lowest BCUT2D eigenvalue weighted by molar-refractivity contribution is 0.661. The van der Waals surface area contributed by atoms with E-state index >= 15 is 0 Å². The summed E-state index contributed by atoms with van der Waals surface area (Å²) in [4.78, 5) is 13.9. The fourth-order valence-electron chi connectivity index (χ4n) is 8.10. The van der Waals surface area contributed by atoms with Crippen molar-refractivity contribution < 1.29 is 0 Å². The molecule has 0 spiro atoms. The Bertz CT molecular complexity index is 2770. The lowest BCUT2D eigenvalue weighted by Crippen LogP contribution is -2.14. The number of rotatable bonds is 4. The minimum atomic E-state index is -0.0799. The molecule has 0 fully saturated rings. The van der Waals surface area contributed by atoms with Crippen LogP contribution >= 0.6 is 0 Å². The van der Waals surface area contributed by atoms with Crippen LogP contribution in [0.15, 0.2) is 158 Å². The van der Waals surface area contributed by atoms with Crippen LogP contribution in [0, 0.1) is 0 Å². The fraction of sp³-hybridized carbons (Fsp3) is 0.0638. The van der Waals surface area contributed by atoms with Gasteiger partial charge < -0.3 is 4.98 Å². The van der Waals surface area contributed by atoms with Crippen molar-refractivity contribution in [3.8, 4) is 56.2 Å². The summed E-state index contributed by atoms with van der Waals surface area (Å²) in [6.45, 7) is 4.71. The Morgan fingerprint density at radius 2 is 1.12 bits per heavy atom. The molecule has 1 N–H and O–H groups in total. The largest absolute Gasteiger partial charge is 0.354 e. The number of hydrogen-bond acceptors (Lipinski definition) is 2. The minimum Gasteiger partial charge on any atom is -0.354 e. The monoisotopic (exact) mass is 639 g/mol. The van der Waals surface area contributed by atoms with Crippen molar-refractivity contribution >= 4 is 32.6 Å². The topological polar surface area (TPSA) is 41.6 Å².